The van der Waals surface area contributed by atoms with Gasteiger partial charge in [-0.25, -0.2) is 0 Å². The molecule has 1 rings (SSSR count). The summed E-state index contributed by atoms with van der Waals surface area (Å²) in [6.07, 6.45) is -4.57. The van der Waals surface area contributed by atoms with E-state index in [0.29, 0.717) is 0 Å². The van der Waals surface area contributed by atoms with Gasteiger partial charge in [-0.15, -0.1) is 0 Å². The molecule has 1 aliphatic heterocycles. The van der Waals surface area contributed by atoms with Crippen molar-refractivity contribution in [3.63, 3.8) is 0 Å². The molecular formula is C8H16O6. The predicted molar refractivity (Wildman–Crippen MR) is 45.6 cm³/mol. The molecule has 0 amide bonds. The van der Waals surface area contributed by atoms with Crippen molar-refractivity contribution < 1.29 is 29.5 Å². The SMILES string of the molecule is COC1[C@H](O)OC(CO)[C@@H](OC)[C@@H]1O. The zero-order valence-electron chi connectivity index (χ0n) is 8.16. The normalized spacial score (nSPS) is 43.9. The van der Waals surface area contributed by atoms with Crippen molar-refractivity contribution in [2.45, 2.75) is 30.7 Å². The summed E-state index contributed by atoms with van der Waals surface area (Å²) < 4.78 is 14.8. The molecule has 1 aliphatic rings. The van der Waals surface area contributed by atoms with Gasteiger partial charge in [0.15, 0.2) is 6.29 Å². The Morgan fingerprint density at radius 2 is 1.71 bits per heavy atom. The van der Waals surface area contributed by atoms with Gasteiger partial charge in [0, 0.05) is 14.2 Å². The van der Waals surface area contributed by atoms with Gasteiger partial charge in [0.25, 0.3) is 0 Å². The summed E-state index contributed by atoms with van der Waals surface area (Å²) in [6, 6.07) is 0. The van der Waals surface area contributed by atoms with E-state index in [9.17, 15) is 10.2 Å². The van der Waals surface area contributed by atoms with Gasteiger partial charge in [-0.05, 0) is 0 Å². The second-order valence-corrected chi connectivity index (χ2v) is 3.14. The third-order valence-corrected chi connectivity index (χ3v) is 2.36. The second kappa shape index (κ2) is 5.01. The Hall–Kier alpha value is -0.240. The average molecular weight is 208 g/mol. The average Bonchev–Trinajstić information content (AvgIpc) is 2.17. The monoisotopic (exact) mass is 208 g/mol. The lowest BCUT2D eigenvalue weighted by Gasteiger charge is -2.40. The van der Waals surface area contributed by atoms with Crippen LogP contribution in [0.15, 0.2) is 0 Å². The van der Waals surface area contributed by atoms with Crippen LogP contribution < -0.4 is 0 Å². The van der Waals surface area contributed by atoms with Crippen molar-refractivity contribution in [2.24, 2.45) is 0 Å². The second-order valence-electron chi connectivity index (χ2n) is 3.14. The Morgan fingerprint density at radius 1 is 1.14 bits per heavy atom. The lowest BCUT2D eigenvalue weighted by molar-refractivity contribution is -0.295. The summed E-state index contributed by atoms with van der Waals surface area (Å²) in [6.45, 7) is -0.330. The smallest absolute Gasteiger partial charge is 0.184 e. The third kappa shape index (κ3) is 2.05. The Bertz CT molecular complexity index is 175. The number of aliphatic hydroxyl groups excluding tert-OH is 3. The van der Waals surface area contributed by atoms with Gasteiger partial charge in [-0.3, -0.25) is 0 Å². The summed E-state index contributed by atoms with van der Waals surface area (Å²) in [5.41, 5.74) is 0. The molecule has 0 radical (unpaired) electrons. The van der Waals surface area contributed by atoms with Gasteiger partial charge in [-0.1, -0.05) is 0 Å². The zero-order valence-corrected chi connectivity index (χ0v) is 8.16. The lowest BCUT2D eigenvalue weighted by atomic mass is 9.99. The molecule has 6 heteroatoms. The van der Waals surface area contributed by atoms with Crippen LogP contribution >= 0.6 is 0 Å². The first kappa shape index (κ1) is 11.8. The first-order valence-corrected chi connectivity index (χ1v) is 4.33. The highest BCUT2D eigenvalue weighted by atomic mass is 16.7. The Morgan fingerprint density at radius 3 is 2.14 bits per heavy atom. The van der Waals surface area contributed by atoms with E-state index >= 15 is 0 Å². The van der Waals surface area contributed by atoms with E-state index in [1.54, 1.807) is 0 Å². The van der Waals surface area contributed by atoms with Crippen LogP contribution in [-0.2, 0) is 14.2 Å². The highest BCUT2D eigenvalue weighted by Gasteiger charge is 2.44. The van der Waals surface area contributed by atoms with Gasteiger partial charge in [0.2, 0.25) is 0 Å². The molecule has 0 aromatic rings. The number of hydrogen-bond acceptors (Lipinski definition) is 6. The molecule has 1 fully saturated rings. The van der Waals surface area contributed by atoms with Crippen LogP contribution in [-0.4, -0.2) is 66.9 Å². The fourth-order valence-electron chi connectivity index (χ4n) is 1.60. The van der Waals surface area contributed by atoms with Crippen LogP contribution in [0.3, 0.4) is 0 Å². The number of aliphatic hydroxyl groups is 3. The van der Waals surface area contributed by atoms with E-state index in [2.05, 4.69) is 0 Å². The van der Waals surface area contributed by atoms with E-state index in [1.807, 2.05) is 0 Å². The van der Waals surface area contributed by atoms with Gasteiger partial charge in [0.1, 0.15) is 24.4 Å². The quantitative estimate of drug-likeness (QED) is 0.501. The molecule has 0 bridgehead atoms. The molecule has 0 aromatic heterocycles. The van der Waals surface area contributed by atoms with Gasteiger partial charge in [-0.2, -0.15) is 0 Å². The summed E-state index contributed by atoms with van der Waals surface area (Å²) in [5.74, 6) is 0. The fourth-order valence-corrected chi connectivity index (χ4v) is 1.60. The number of methoxy groups -OCH3 is 2. The minimum absolute atomic E-state index is 0.330. The molecular weight excluding hydrogens is 192 g/mol. The first-order chi connectivity index (χ1) is 6.65. The molecule has 1 saturated heterocycles. The summed E-state index contributed by atoms with van der Waals surface area (Å²) in [7, 11) is 2.75. The van der Waals surface area contributed by atoms with Crippen LogP contribution in [0.25, 0.3) is 0 Å². The van der Waals surface area contributed by atoms with Gasteiger partial charge < -0.3 is 29.5 Å². The number of rotatable bonds is 3. The Kier molecular flexibility index (Phi) is 4.24. The van der Waals surface area contributed by atoms with Crippen LogP contribution in [0.1, 0.15) is 0 Å². The largest absolute Gasteiger partial charge is 0.394 e. The van der Waals surface area contributed by atoms with Crippen molar-refractivity contribution in [1.29, 1.82) is 0 Å². The number of ether oxygens (including phenoxy) is 3. The fraction of sp³-hybridized carbons (Fsp3) is 1.00. The molecule has 2 unspecified atom stereocenters. The van der Waals surface area contributed by atoms with E-state index < -0.39 is 30.7 Å². The topological polar surface area (TPSA) is 88.4 Å². The molecule has 0 aromatic carbocycles. The molecule has 5 atom stereocenters. The zero-order chi connectivity index (χ0) is 10.7. The van der Waals surface area contributed by atoms with Crippen molar-refractivity contribution in [1.82, 2.24) is 0 Å². The summed E-state index contributed by atoms with van der Waals surface area (Å²) >= 11 is 0. The summed E-state index contributed by atoms with van der Waals surface area (Å²) in [5, 5.41) is 28.0. The van der Waals surface area contributed by atoms with Crippen LogP contribution in [0.5, 0.6) is 0 Å². The minimum atomic E-state index is -1.25. The molecule has 1 heterocycles. The maximum atomic E-state index is 9.70. The molecule has 3 N–H and O–H groups in total. The van der Waals surface area contributed by atoms with Gasteiger partial charge >= 0.3 is 0 Å². The molecule has 0 spiro atoms. The lowest BCUT2D eigenvalue weighted by Crippen LogP contribution is -2.59. The predicted octanol–water partition coefficient (Wildman–Crippen LogP) is -1.91. The van der Waals surface area contributed by atoms with Gasteiger partial charge in [0.05, 0.1) is 6.61 Å². The van der Waals surface area contributed by atoms with Crippen molar-refractivity contribution >= 4 is 0 Å². The van der Waals surface area contributed by atoms with E-state index in [-0.39, 0.29) is 6.61 Å². The molecule has 6 nitrogen and oxygen atoms in total. The first-order valence-electron chi connectivity index (χ1n) is 4.33. The maximum Gasteiger partial charge on any atom is 0.184 e. The third-order valence-electron chi connectivity index (χ3n) is 2.36. The number of hydrogen-bond donors (Lipinski definition) is 3. The standard InChI is InChI=1S/C8H16O6/c1-12-6-4(3-9)14-8(11)7(13-2)5(6)10/h4-11H,3H2,1-2H3/t4?,5-,6+,7?,8+/m0/s1. The molecule has 0 aliphatic carbocycles. The highest BCUT2D eigenvalue weighted by Crippen LogP contribution is 2.23. The van der Waals surface area contributed by atoms with E-state index in [1.165, 1.54) is 14.2 Å². The van der Waals surface area contributed by atoms with Crippen molar-refractivity contribution in [3.05, 3.63) is 0 Å². The van der Waals surface area contributed by atoms with E-state index in [4.69, 9.17) is 19.3 Å². The van der Waals surface area contributed by atoms with E-state index in [0.717, 1.165) is 0 Å². The molecule has 0 saturated carbocycles. The Balaban J connectivity index is 2.72. The minimum Gasteiger partial charge on any atom is -0.394 e. The van der Waals surface area contributed by atoms with Crippen molar-refractivity contribution in [3.8, 4) is 0 Å². The van der Waals surface area contributed by atoms with Crippen LogP contribution in [0.4, 0.5) is 0 Å². The highest BCUT2D eigenvalue weighted by molar-refractivity contribution is 4.90. The van der Waals surface area contributed by atoms with Crippen LogP contribution in [0.2, 0.25) is 0 Å². The summed E-state index contributed by atoms with van der Waals surface area (Å²) in [4.78, 5) is 0. The maximum absolute atomic E-state index is 9.70. The van der Waals surface area contributed by atoms with Crippen LogP contribution in [0, 0.1) is 0 Å². The Labute approximate surface area is 82.0 Å². The molecule has 84 valence electrons. The molecule has 14 heavy (non-hydrogen) atoms. The van der Waals surface area contributed by atoms with Crippen molar-refractivity contribution in [2.75, 3.05) is 20.8 Å².